The quantitative estimate of drug-likeness (QED) is 0.581. The van der Waals surface area contributed by atoms with Crippen molar-refractivity contribution in [1.82, 2.24) is 0 Å². The van der Waals surface area contributed by atoms with Gasteiger partial charge in [-0.25, -0.2) is 0 Å². The number of esters is 1. The van der Waals surface area contributed by atoms with E-state index in [4.69, 9.17) is 9.47 Å². The molecule has 1 aliphatic heterocycles. The number of fused-ring (bicyclic) bond motifs is 2. The second kappa shape index (κ2) is 5.28. The summed E-state index contributed by atoms with van der Waals surface area (Å²) in [5, 5.41) is 0. The summed E-state index contributed by atoms with van der Waals surface area (Å²) in [6.45, 7) is 11.6. The molecule has 0 aromatic heterocycles. The highest BCUT2D eigenvalue weighted by Crippen LogP contribution is 2.53. The SMILES string of the molecule is CC[C@H]1OC[C@]2(COC(C)=O)[C@H](C)C=C(C)[C@H]1[C@@H]2C. The molecule has 0 radical (unpaired) electrons. The predicted octanol–water partition coefficient (Wildman–Crippen LogP) is 3.19. The van der Waals surface area contributed by atoms with Gasteiger partial charge in [-0.1, -0.05) is 32.4 Å². The van der Waals surface area contributed by atoms with Crippen LogP contribution in [-0.2, 0) is 14.3 Å². The maximum atomic E-state index is 11.2. The molecule has 0 spiro atoms. The first-order valence-corrected chi connectivity index (χ1v) is 7.35. The molecule has 1 fully saturated rings. The molecule has 1 aliphatic carbocycles. The van der Waals surface area contributed by atoms with Crippen LogP contribution in [0.4, 0.5) is 0 Å². The summed E-state index contributed by atoms with van der Waals surface area (Å²) < 4.78 is 11.5. The van der Waals surface area contributed by atoms with Gasteiger partial charge in [-0.3, -0.25) is 4.79 Å². The first kappa shape index (κ1) is 14.6. The molecule has 2 aliphatic rings. The molecule has 0 aromatic carbocycles. The minimum absolute atomic E-state index is 0.0541. The van der Waals surface area contributed by atoms with Crippen molar-refractivity contribution < 1.29 is 14.3 Å². The lowest BCUT2D eigenvalue weighted by Gasteiger charge is -2.55. The zero-order valence-corrected chi connectivity index (χ0v) is 12.7. The molecule has 0 aromatic rings. The molecule has 2 bridgehead atoms. The maximum Gasteiger partial charge on any atom is 0.302 e. The Bertz CT molecular complexity index is 387. The molecule has 5 atom stereocenters. The molecular weight excluding hydrogens is 240 g/mol. The van der Waals surface area contributed by atoms with E-state index in [1.807, 2.05) is 0 Å². The summed E-state index contributed by atoms with van der Waals surface area (Å²) in [5.41, 5.74) is 1.38. The van der Waals surface area contributed by atoms with E-state index < -0.39 is 0 Å². The lowest BCUT2D eigenvalue weighted by Crippen LogP contribution is -2.56. The van der Waals surface area contributed by atoms with Gasteiger partial charge in [0.2, 0.25) is 0 Å². The maximum absolute atomic E-state index is 11.2. The van der Waals surface area contributed by atoms with Crippen LogP contribution in [0.1, 0.15) is 41.0 Å². The number of hydrogen-bond donors (Lipinski definition) is 0. The Labute approximate surface area is 116 Å². The zero-order chi connectivity index (χ0) is 14.2. The fraction of sp³-hybridized carbons (Fsp3) is 0.812. The van der Waals surface area contributed by atoms with Gasteiger partial charge in [0.15, 0.2) is 0 Å². The normalized spacial score (nSPS) is 41.6. The van der Waals surface area contributed by atoms with Gasteiger partial charge in [-0.2, -0.15) is 0 Å². The van der Waals surface area contributed by atoms with Gasteiger partial charge in [0, 0.05) is 18.3 Å². The number of carbonyl (C=O) groups excluding carboxylic acids is 1. The first-order valence-electron chi connectivity index (χ1n) is 7.35. The topological polar surface area (TPSA) is 35.5 Å². The van der Waals surface area contributed by atoms with E-state index in [9.17, 15) is 4.79 Å². The van der Waals surface area contributed by atoms with Crippen molar-refractivity contribution >= 4 is 5.97 Å². The second-order valence-corrected chi connectivity index (χ2v) is 6.28. The van der Waals surface area contributed by atoms with Crippen LogP contribution in [-0.4, -0.2) is 25.3 Å². The fourth-order valence-electron chi connectivity index (χ4n) is 3.99. The first-order chi connectivity index (χ1) is 8.92. The van der Waals surface area contributed by atoms with Crippen molar-refractivity contribution in [3.8, 4) is 0 Å². The van der Waals surface area contributed by atoms with Crippen LogP contribution in [0.25, 0.3) is 0 Å². The molecule has 19 heavy (non-hydrogen) atoms. The van der Waals surface area contributed by atoms with E-state index in [0.717, 1.165) is 6.42 Å². The van der Waals surface area contributed by atoms with Gasteiger partial charge in [0.05, 0.1) is 19.3 Å². The highest BCUT2D eigenvalue weighted by molar-refractivity contribution is 5.65. The van der Waals surface area contributed by atoms with E-state index in [1.165, 1.54) is 12.5 Å². The molecule has 3 heteroatoms. The number of hydrogen-bond acceptors (Lipinski definition) is 3. The van der Waals surface area contributed by atoms with Crippen molar-refractivity contribution in [1.29, 1.82) is 0 Å². The van der Waals surface area contributed by atoms with Crippen LogP contribution in [0, 0.1) is 23.2 Å². The Morgan fingerprint density at radius 1 is 1.53 bits per heavy atom. The van der Waals surface area contributed by atoms with Crippen molar-refractivity contribution in [3.05, 3.63) is 11.6 Å². The second-order valence-electron chi connectivity index (χ2n) is 6.28. The van der Waals surface area contributed by atoms with Gasteiger partial charge in [-0.05, 0) is 25.2 Å². The number of ether oxygens (including phenoxy) is 2. The summed E-state index contributed by atoms with van der Waals surface area (Å²) in [4.78, 5) is 11.2. The van der Waals surface area contributed by atoms with Crippen LogP contribution >= 0.6 is 0 Å². The van der Waals surface area contributed by atoms with Crippen LogP contribution in [0.3, 0.4) is 0 Å². The average molecular weight is 266 g/mol. The molecule has 2 rings (SSSR count). The van der Waals surface area contributed by atoms with E-state index >= 15 is 0 Å². The van der Waals surface area contributed by atoms with Crippen molar-refractivity contribution in [2.75, 3.05) is 13.2 Å². The van der Waals surface area contributed by atoms with Crippen molar-refractivity contribution in [2.24, 2.45) is 23.2 Å². The number of rotatable bonds is 3. The third kappa shape index (κ3) is 2.33. The minimum atomic E-state index is -0.200. The smallest absolute Gasteiger partial charge is 0.302 e. The summed E-state index contributed by atoms with van der Waals surface area (Å²) in [6.07, 6.45) is 3.71. The largest absolute Gasteiger partial charge is 0.465 e. The number of carbonyl (C=O) groups is 1. The van der Waals surface area contributed by atoms with Crippen LogP contribution in [0.15, 0.2) is 11.6 Å². The average Bonchev–Trinajstić information content (AvgIpc) is 2.34. The Morgan fingerprint density at radius 3 is 2.79 bits per heavy atom. The molecule has 108 valence electrons. The molecule has 0 unspecified atom stereocenters. The molecule has 0 saturated carbocycles. The third-order valence-corrected chi connectivity index (χ3v) is 5.30. The number of allylic oxidation sites excluding steroid dienone is 1. The van der Waals surface area contributed by atoms with E-state index in [0.29, 0.717) is 37.1 Å². The van der Waals surface area contributed by atoms with E-state index in [2.05, 4.69) is 33.8 Å². The summed E-state index contributed by atoms with van der Waals surface area (Å²) in [5.74, 6) is 1.14. The van der Waals surface area contributed by atoms with Gasteiger partial charge in [0.25, 0.3) is 0 Å². The van der Waals surface area contributed by atoms with Crippen LogP contribution in [0.5, 0.6) is 0 Å². The lowest BCUT2D eigenvalue weighted by molar-refractivity contribution is -0.179. The lowest BCUT2D eigenvalue weighted by atomic mass is 9.56. The molecule has 1 heterocycles. The van der Waals surface area contributed by atoms with E-state index in [-0.39, 0.29) is 11.4 Å². The van der Waals surface area contributed by atoms with Gasteiger partial charge >= 0.3 is 5.97 Å². The summed E-state index contributed by atoms with van der Waals surface area (Å²) in [7, 11) is 0. The monoisotopic (exact) mass is 266 g/mol. The standard InChI is InChI=1S/C16H26O3/c1-6-14-15-10(2)7-11(3)16(9-19-14,12(15)4)8-18-13(5)17/h7,11-12,14-15H,6,8-9H2,1-5H3/t11-,12+,14-,15+,16-/m1/s1. The van der Waals surface area contributed by atoms with E-state index in [1.54, 1.807) is 0 Å². The van der Waals surface area contributed by atoms with Crippen molar-refractivity contribution in [3.63, 3.8) is 0 Å². The fourth-order valence-corrected chi connectivity index (χ4v) is 3.99. The molecule has 1 saturated heterocycles. The Morgan fingerprint density at radius 2 is 2.21 bits per heavy atom. The molecule has 0 amide bonds. The van der Waals surface area contributed by atoms with Crippen LogP contribution in [0.2, 0.25) is 0 Å². The summed E-state index contributed by atoms with van der Waals surface area (Å²) in [6, 6.07) is 0. The molecule has 3 nitrogen and oxygen atoms in total. The summed E-state index contributed by atoms with van der Waals surface area (Å²) >= 11 is 0. The Hall–Kier alpha value is -0.830. The highest BCUT2D eigenvalue weighted by atomic mass is 16.5. The van der Waals surface area contributed by atoms with Gasteiger partial charge < -0.3 is 9.47 Å². The van der Waals surface area contributed by atoms with Gasteiger partial charge in [-0.15, -0.1) is 0 Å². The van der Waals surface area contributed by atoms with Crippen molar-refractivity contribution in [2.45, 2.75) is 47.1 Å². The molecular formula is C16H26O3. The van der Waals surface area contributed by atoms with Gasteiger partial charge in [0.1, 0.15) is 0 Å². The Balaban J connectivity index is 2.31. The third-order valence-electron chi connectivity index (χ3n) is 5.30. The zero-order valence-electron chi connectivity index (χ0n) is 12.7. The predicted molar refractivity (Wildman–Crippen MR) is 74.7 cm³/mol. The Kier molecular flexibility index (Phi) is 4.05. The van der Waals surface area contributed by atoms with Crippen LogP contribution < -0.4 is 0 Å². The highest BCUT2D eigenvalue weighted by Gasteiger charge is 2.53. The molecule has 0 N–H and O–H groups in total. The minimum Gasteiger partial charge on any atom is -0.465 e.